The summed E-state index contributed by atoms with van der Waals surface area (Å²) >= 11 is 6.18. The summed E-state index contributed by atoms with van der Waals surface area (Å²) in [5.74, 6) is 0.818. The molecule has 2 saturated heterocycles. The van der Waals surface area contributed by atoms with Crippen molar-refractivity contribution in [1.29, 1.82) is 0 Å². The van der Waals surface area contributed by atoms with Gasteiger partial charge in [-0.2, -0.15) is 0 Å². The summed E-state index contributed by atoms with van der Waals surface area (Å²) in [4.78, 5) is 12.2. The van der Waals surface area contributed by atoms with Crippen LogP contribution in [0.25, 0.3) is 0 Å². The summed E-state index contributed by atoms with van der Waals surface area (Å²) in [6.45, 7) is 6.79. The van der Waals surface area contributed by atoms with Gasteiger partial charge in [0.15, 0.2) is 0 Å². The molecule has 19 heavy (non-hydrogen) atoms. The van der Waals surface area contributed by atoms with E-state index in [-0.39, 0.29) is 10.8 Å². The Morgan fingerprint density at radius 2 is 2.11 bits per heavy atom. The fourth-order valence-electron chi connectivity index (χ4n) is 4.31. The Bertz CT molecular complexity index is 428. The van der Waals surface area contributed by atoms with E-state index in [0.717, 1.165) is 43.8 Å². The van der Waals surface area contributed by atoms with Gasteiger partial charge in [-0.1, -0.05) is 31.5 Å². The second kappa shape index (κ2) is 4.49. The van der Waals surface area contributed by atoms with Gasteiger partial charge in [0.1, 0.15) is 0 Å². The van der Waals surface area contributed by atoms with Gasteiger partial charge in [-0.15, -0.1) is 0 Å². The number of halogens is 1. The van der Waals surface area contributed by atoms with Crippen LogP contribution in [0.1, 0.15) is 39.5 Å². The number of piperidine rings is 1. The van der Waals surface area contributed by atoms with E-state index >= 15 is 0 Å². The molecule has 0 bridgehead atoms. The zero-order valence-corrected chi connectivity index (χ0v) is 12.6. The fourth-order valence-corrected chi connectivity index (χ4v) is 4.62. The maximum absolute atomic E-state index is 12.2. The Hall–Kier alpha value is -0.540. The number of nitrogens with two attached hydrogens (primary N) is 1. The molecular weight excluding hydrogens is 260 g/mol. The minimum Gasteiger partial charge on any atom is -0.351 e. The Kier molecular flexibility index (Phi) is 3.18. The molecule has 1 amide bonds. The van der Waals surface area contributed by atoms with Gasteiger partial charge in [-0.25, -0.2) is 0 Å². The van der Waals surface area contributed by atoms with Gasteiger partial charge >= 0.3 is 0 Å². The number of amides is 1. The molecule has 1 spiro atoms. The third kappa shape index (κ3) is 1.85. The van der Waals surface area contributed by atoms with Crippen LogP contribution in [-0.2, 0) is 4.79 Å². The largest absolute Gasteiger partial charge is 0.351 e. The number of carbonyl (C=O) groups is 1. The van der Waals surface area contributed by atoms with Crippen LogP contribution in [0.3, 0.4) is 0 Å². The van der Waals surface area contributed by atoms with Crippen LogP contribution in [0.4, 0.5) is 0 Å². The molecule has 2 heterocycles. The van der Waals surface area contributed by atoms with E-state index in [1.807, 2.05) is 0 Å². The number of hydrogen-bond acceptors (Lipinski definition) is 1. The summed E-state index contributed by atoms with van der Waals surface area (Å²) < 4.78 is 0. The molecule has 3 aliphatic rings. The molecule has 4 heteroatoms. The highest BCUT2D eigenvalue weighted by Gasteiger charge is 2.63. The standard InChI is InChI=1S/C15H23ClN2O/c1-10-9-11(16)3-4-14(10,2)12-15(13(19)18-12)5-7-17-8-6-15/h3,10,12,17H,4-9H2,1-2H3,(H,18,19)/p+1. The lowest BCUT2D eigenvalue weighted by Gasteiger charge is -2.59. The molecule has 3 rings (SSSR count). The lowest BCUT2D eigenvalue weighted by atomic mass is 9.52. The molecule has 3 nitrogen and oxygen atoms in total. The first-order valence-electron chi connectivity index (χ1n) is 7.46. The van der Waals surface area contributed by atoms with Crippen molar-refractivity contribution in [3.8, 4) is 0 Å². The predicted octanol–water partition coefficient (Wildman–Crippen LogP) is 1.39. The summed E-state index contributed by atoms with van der Waals surface area (Å²) in [5, 5.41) is 6.55. The second-order valence-corrected chi connectivity index (χ2v) is 7.38. The molecule has 2 aliphatic heterocycles. The van der Waals surface area contributed by atoms with Crippen LogP contribution >= 0.6 is 11.6 Å². The fraction of sp³-hybridized carbons (Fsp3) is 0.800. The molecule has 0 aromatic heterocycles. The summed E-state index contributed by atoms with van der Waals surface area (Å²) in [6.07, 6.45) is 6.16. The third-order valence-corrected chi connectivity index (χ3v) is 6.23. The van der Waals surface area contributed by atoms with E-state index in [9.17, 15) is 4.79 Å². The van der Waals surface area contributed by atoms with Crippen molar-refractivity contribution in [1.82, 2.24) is 5.32 Å². The Balaban J connectivity index is 1.87. The third-order valence-electron chi connectivity index (χ3n) is 5.92. The summed E-state index contributed by atoms with van der Waals surface area (Å²) in [5.41, 5.74) is 0.0685. The molecule has 2 fully saturated rings. The van der Waals surface area contributed by atoms with Crippen LogP contribution in [0.5, 0.6) is 0 Å². The van der Waals surface area contributed by atoms with E-state index in [0.29, 0.717) is 17.9 Å². The molecule has 0 aromatic carbocycles. The van der Waals surface area contributed by atoms with Crippen molar-refractivity contribution in [3.63, 3.8) is 0 Å². The van der Waals surface area contributed by atoms with Crippen LogP contribution in [0.15, 0.2) is 11.1 Å². The van der Waals surface area contributed by atoms with Crippen molar-refractivity contribution < 1.29 is 10.1 Å². The van der Waals surface area contributed by atoms with E-state index in [1.54, 1.807) is 0 Å². The van der Waals surface area contributed by atoms with E-state index < -0.39 is 0 Å². The van der Waals surface area contributed by atoms with Gasteiger partial charge in [0, 0.05) is 23.9 Å². The monoisotopic (exact) mass is 283 g/mol. The first kappa shape index (κ1) is 13.4. The molecule has 0 aromatic rings. The first-order valence-corrected chi connectivity index (χ1v) is 7.84. The lowest BCUT2D eigenvalue weighted by Crippen LogP contribution is -2.90. The topological polar surface area (TPSA) is 45.7 Å². The summed E-state index contributed by atoms with van der Waals surface area (Å²) in [7, 11) is 0. The number of rotatable bonds is 1. The SMILES string of the molecule is CC1CC(Cl)=CCC1(C)C1NC(=O)C12CC[NH2+]CC2. The van der Waals surface area contributed by atoms with Crippen molar-refractivity contribution in [2.45, 2.75) is 45.6 Å². The van der Waals surface area contributed by atoms with Gasteiger partial charge in [0.2, 0.25) is 5.91 Å². The van der Waals surface area contributed by atoms with Crippen LogP contribution in [-0.4, -0.2) is 25.0 Å². The lowest BCUT2D eigenvalue weighted by molar-refractivity contribution is -0.667. The Morgan fingerprint density at radius 1 is 1.42 bits per heavy atom. The quantitative estimate of drug-likeness (QED) is 0.702. The molecule has 3 N–H and O–H groups in total. The maximum atomic E-state index is 12.2. The molecule has 0 radical (unpaired) electrons. The minimum atomic E-state index is -0.0879. The first-order chi connectivity index (χ1) is 8.99. The highest BCUT2D eigenvalue weighted by molar-refractivity contribution is 6.29. The molecule has 0 saturated carbocycles. The highest BCUT2D eigenvalue weighted by atomic mass is 35.5. The number of hydrogen-bond donors (Lipinski definition) is 2. The van der Waals surface area contributed by atoms with Gasteiger partial charge in [0.05, 0.1) is 18.5 Å². The molecular formula is C15H24ClN2O+. The van der Waals surface area contributed by atoms with Crippen molar-refractivity contribution >= 4 is 17.5 Å². The zero-order chi connectivity index (χ0) is 13.7. The van der Waals surface area contributed by atoms with E-state index in [2.05, 4.69) is 30.6 Å². The number of quaternary nitrogens is 1. The van der Waals surface area contributed by atoms with Gasteiger partial charge in [-0.3, -0.25) is 4.79 Å². The van der Waals surface area contributed by atoms with Crippen molar-refractivity contribution in [2.24, 2.45) is 16.7 Å². The number of β-lactam (4-membered cyclic amide) rings is 1. The molecule has 3 unspecified atom stereocenters. The van der Waals surface area contributed by atoms with Crippen LogP contribution < -0.4 is 10.6 Å². The number of carbonyl (C=O) groups excluding carboxylic acids is 1. The average molecular weight is 284 g/mol. The Morgan fingerprint density at radius 3 is 2.68 bits per heavy atom. The van der Waals surface area contributed by atoms with Crippen LogP contribution in [0, 0.1) is 16.7 Å². The van der Waals surface area contributed by atoms with E-state index in [1.165, 1.54) is 0 Å². The maximum Gasteiger partial charge on any atom is 0.229 e. The molecule has 1 aliphatic carbocycles. The highest BCUT2D eigenvalue weighted by Crippen LogP contribution is 2.54. The predicted molar refractivity (Wildman–Crippen MR) is 75.7 cm³/mol. The van der Waals surface area contributed by atoms with Gasteiger partial charge < -0.3 is 10.6 Å². The number of nitrogens with one attached hydrogen (secondary N) is 1. The van der Waals surface area contributed by atoms with Crippen molar-refractivity contribution in [3.05, 3.63) is 11.1 Å². The van der Waals surface area contributed by atoms with Crippen molar-refractivity contribution in [2.75, 3.05) is 13.1 Å². The summed E-state index contributed by atoms with van der Waals surface area (Å²) in [6, 6.07) is 0.331. The molecule has 3 atom stereocenters. The molecule has 106 valence electrons. The second-order valence-electron chi connectivity index (χ2n) is 6.89. The van der Waals surface area contributed by atoms with E-state index in [4.69, 9.17) is 11.6 Å². The van der Waals surface area contributed by atoms with Gasteiger partial charge in [-0.05, 0) is 24.2 Å². The normalized spacial score (nSPS) is 41.4. The smallest absolute Gasteiger partial charge is 0.229 e. The minimum absolute atomic E-state index is 0.0879. The zero-order valence-electron chi connectivity index (χ0n) is 11.8. The number of allylic oxidation sites excluding steroid dienone is 2. The van der Waals surface area contributed by atoms with Gasteiger partial charge in [0.25, 0.3) is 0 Å². The average Bonchev–Trinajstić information content (AvgIpc) is 2.42. The Labute approximate surface area is 120 Å². The van der Waals surface area contributed by atoms with Crippen LogP contribution in [0.2, 0.25) is 0 Å².